The Hall–Kier alpha value is -5.12. The minimum Gasteiger partial charge on any atom is -0.489 e. The lowest BCUT2D eigenvalue weighted by Gasteiger charge is -2.26. The van der Waals surface area contributed by atoms with Crippen LogP contribution in [0.3, 0.4) is 0 Å². The summed E-state index contributed by atoms with van der Waals surface area (Å²) in [5.74, 6) is -1.54. The number of hydrogen-bond acceptors (Lipinski definition) is 6. The Labute approximate surface area is 263 Å². The van der Waals surface area contributed by atoms with Gasteiger partial charge in [-0.05, 0) is 78.2 Å². The normalized spacial score (nSPS) is 13.9. The molecule has 4 aromatic carbocycles. The van der Waals surface area contributed by atoms with Gasteiger partial charge < -0.3 is 14.8 Å². The van der Waals surface area contributed by atoms with Gasteiger partial charge in [-0.15, -0.1) is 0 Å². The molecule has 0 aromatic heterocycles. The summed E-state index contributed by atoms with van der Waals surface area (Å²) < 4.78 is 11.3. The summed E-state index contributed by atoms with van der Waals surface area (Å²) in [6, 6.07) is 25.2. The van der Waals surface area contributed by atoms with E-state index in [1.807, 2.05) is 55.5 Å². The number of nitrogens with one attached hydrogen (secondary N) is 2. The molecule has 1 aliphatic rings. The van der Waals surface area contributed by atoms with Gasteiger partial charge in [-0.3, -0.25) is 19.7 Å². The van der Waals surface area contributed by atoms with E-state index in [0.29, 0.717) is 23.6 Å². The third-order valence-electron chi connectivity index (χ3n) is 6.43. The van der Waals surface area contributed by atoms with Gasteiger partial charge in [0.2, 0.25) is 0 Å². The van der Waals surface area contributed by atoms with Crippen molar-refractivity contribution in [1.82, 2.24) is 5.32 Å². The largest absolute Gasteiger partial charge is 0.489 e. The molecule has 4 aromatic rings. The topological polar surface area (TPSA) is 114 Å². The van der Waals surface area contributed by atoms with Gasteiger partial charge in [-0.25, -0.2) is 9.69 Å². The third kappa shape index (κ3) is 7.26. The molecule has 5 rings (SSSR count). The minimum absolute atomic E-state index is 0.0513. The molecule has 0 spiro atoms. The third-order valence-corrected chi connectivity index (χ3v) is 6.99. The van der Waals surface area contributed by atoms with Gasteiger partial charge in [0.15, 0.2) is 12.4 Å². The Bertz CT molecular complexity index is 1750. The zero-order chi connectivity index (χ0) is 31.2. The summed E-state index contributed by atoms with van der Waals surface area (Å²) in [5.41, 5.74) is 2.81. The lowest BCUT2D eigenvalue weighted by Crippen LogP contribution is -2.54. The summed E-state index contributed by atoms with van der Waals surface area (Å²) in [6.45, 7) is 1.89. The zero-order valence-electron chi connectivity index (χ0n) is 23.3. The maximum Gasteiger partial charge on any atom is 0.335 e. The number of urea groups is 1. The van der Waals surface area contributed by atoms with Crippen molar-refractivity contribution in [2.24, 2.45) is 0 Å². The number of imide groups is 2. The number of ether oxygens (including phenoxy) is 2. The molecule has 222 valence electrons. The van der Waals surface area contributed by atoms with Gasteiger partial charge >= 0.3 is 6.03 Å². The van der Waals surface area contributed by atoms with Crippen LogP contribution < -0.4 is 25.0 Å². The molecule has 0 saturated carbocycles. The molecule has 1 saturated heterocycles. The van der Waals surface area contributed by atoms with Crippen LogP contribution in [-0.4, -0.2) is 30.4 Å². The Morgan fingerprint density at radius 3 is 2.27 bits per heavy atom. The summed E-state index contributed by atoms with van der Waals surface area (Å²) in [7, 11) is 0. The van der Waals surface area contributed by atoms with Crippen molar-refractivity contribution in [3.8, 4) is 11.5 Å². The number of rotatable bonds is 9. The van der Waals surface area contributed by atoms with E-state index in [1.165, 1.54) is 18.2 Å². The molecule has 0 unspecified atom stereocenters. The molecular formula is C33H25Cl2N3O6. The molecule has 0 radical (unpaired) electrons. The van der Waals surface area contributed by atoms with Crippen molar-refractivity contribution in [1.29, 1.82) is 0 Å². The lowest BCUT2D eigenvalue weighted by atomic mass is 10.1. The fourth-order valence-electron chi connectivity index (χ4n) is 4.35. The first kappa shape index (κ1) is 30.3. The van der Waals surface area contributed by atoms with Gasteiger partial charge in [0.25, 0.3) is 17.7 Å². The highest BCUT2D eigenvalue weighted by atomic mass is 35.5. The highest BCUT2D eigenvalue weighted by molar-refractivity contribution is 6.40. The van der Waals surface area contributed by atoms with E-state index in [1.54, 1.807) is 30.3 Å². The molecule has 0 atom stereocenters. The second kappa shape index (κ2) is 13.5. The average Bonchev–Trinajstić information content (AvgIpc) is 2.99. The quantitative estimate of drug-likeness (QED) is 0.160. The van der Waals surface area contributed by atoms with Crippen LogP contribution in [0.1, 0.15) is 16.7 Å². The van der Waals surface area contributed by atoms with Gasteiger partial charge in [-0.1, -0.05) is 65.7 Å². The number of nitrogens with zero attached hydrogens (tertiary/aromatic N) is 1. The molecule has 1 aliphatic heterocycles. The summed E-state index contributed by atoms with van der Waals surface area (Å²) in [5, 5.41) is 5.01. The number of carbonyl (C=O) groups excluding carboxylic acids is 4. The zero-order valence-corrected chi connectivity index (χ0v) is 24.8. The molecule has 1 heterocycles. The summed E-state index contributed by atoms with van der Waals surface area (Å²) >= 11 is 12.8. The van der Waals surface area contributed by atoms with Crippen molar-refractivity contribution in [3.05, 3.63) is 123 Å². The fraction of sp³-hybridized carbons (Fsp3) is 0.0909. The second-order valence-corrected chi connectivity index (χ2v) is 10.6. The van der Waals surface area contributed by atoms with Crippen LogP contribution in [0, 0.1) is 6.92 Å². The second-order valence-electron chi connectivity index (χ2n) is 9.75. The molecule has 11 heteroatoms. The predicted octanol–water partition coefficient (Wildman–Crippen LogP) is 6.56. The van der Waals surface area contributed by atoms with E-state index in [4.69, 9.17) is 32.7 Å². The lowest BCUT2D eigenvalue weighted by molar-refractivity contribution is -0.122. The Morgan fingerprint density at radius 2 is 1.59 bits per heavy atom. The standard InChI is InChI=1S/C33H25Cl2N3O6/c1-20-6-5-9-23(14-20)36-29(39)19-44-30-27(34)16-22(17-28(30)35)15-26-31(40)37-33(42)38(32(26)41)24-10-12-25(13-11-24)43-18-21-7-3-2-4-8-21/h2-17H,18-19H2,1H3,(H,36,39)(H,37,40,42)/b26-15-. The van der Waals surface area contributed by atoms with Gasteiger partial charge in [-0.2, -0.15) is 0 Å². The van der Waals surface area contributed by atoms with Gasteiger partial charge in [0.1, 0.15) is 17.9 Å². The SMILES string of the molecule is Cc1cccc(NC(=O)COc2c(Cl)cc(/C=C3/C(=O)NC(=O)N(c4ccc(OCc5ccccc5)cc4)C3=O)cc2Cl)c1. The minimum atomic E-state index is -0.890. The van der Waals surface area contributed by atoms with E-state index < -0.39 is 23.8 Å². The van der Waals surface area contributed by atoms with Crippen LogP contribution in [0.4, 0.5) is 16.2 Å². The van der Waals surface area contributed by atoms with E-state index >= 15 is 0 Å². The maximum atomic E-state index is 13.3. The van der Waals surface area contributed by atoms with Crippen LogP contribution >= 0.6 is 23.2 Å². The maximum absolute atomic E-state index is 13.3. The first-order valence-electron chi connectivity index (χ1n) is 13.3. The molecule has 5 amide bonds. The van der Waals surface area contributed by atoms with Crippen LogP contribution in [0.2, 0.25) is 10.0 Å². The molecular weight excluding hydrogens is 605 g/mol. The number of anilines is 2. The number of barbiturate groups is 1. The predicted molar refractivity (Wildman–Crippen MR) is 168 cm³/mol. The molecule has 44 heavy (non-hydrogen) atoms. The van der Waals surface area contributed by atoms with Crippen LogP contribution in [0.15, 0.2) is 96.6 Å². The first-order valence-corrected chi connectivity index (χ1v) is 14.1. The number of aryl methyl sites for hydroxylation is 1. The monoisotopic (exact) mass is 629 g/mol. The molecule has 9 nitrogen and oxygen atoms in total. The summed E-state index contributed by atoms with van der Waals surface area (Å²) in [6.07, 6.45) is 1.26. The van der Waals surface area contributed by atoms with Crippen LogP contribution in [0.5, 0.6) is 11.5 Å². The fourth-order valence-corrected chi connectivity index (χ4v) is 4.96. The van der Waals surface area contributed by atoms with Crippen molar-refractivity contribution in [2.45, 2.75) is 13.5 Å². The van der Waals surface area contributed by atoms with E-state index in [0.717, 1.165) is 16.0 Å². The highest BCUT2D eigenvalue weighted by Crippen LogP contribution is 2.35. The Kier molecular flexibility index (Phi) is 9.28. The van der Waals surface area contributed by atoms with Crippen LogP contribution in [0.25, 0.3) is 6.08 Å². The van der Waals surface area contributed by atoms with Crippen molar-refractivity contribution < 1.29 is 28.7 Å². The Morgan fingerprint density at radius 1 is 0.886 bits per heavy atom. The van der Waals surface area contributed by atoms with Crippen molar-refractivity contribution in [2.75, 3.05) is 16.8 Å². The van der Waals surface area contributed by atoms with E-state index in [9.17, 15) is 19.2 Å². The van der Waals surface area contributed by atoms with E-state index in [2.05, 4.69) is 10.6 Å². The smallest absolute Gasteiger partial charge is 0.335 e. The number of carbonyl (C=O) groups is 4. The van der Waals surface area contributed by atoms with Crippen LogP contribution in [-0.2, 0) is 21.0 Å². The van der Waals surface area contributed by atoms with E-state index in [-0.39, 0.29) is 33.7 Å². The molecule has 1 fully saturated rings. The van der Waals surface area contributed by atoms with Gasteiger partial charge in [0, 0.05) is 5.69 Å². The molecule has 0 aliphatic carbocycles. The number of hydrogen-bond donors (Lipinski definition) is 2. The molecule has 0 bridgehead atoms. The summed E-state index contributed by atoms with van der Waals surface area (Å²) in [4.78, 5) is 51.8. The molecule has 2 N–H and O–H groups in total. The van der Waals surface area contributed by atoms with Crippen molar-refractivity contribution >= 4 is 64.4 Å². The first-order chi connectivity index (χ1) is 21.2. The number of amides is 5. The number of halogens is 2. The number of benzene rings is 4. The Balaban J connectivity index is 1.28. The highest BCUT2D eigenvalue weighted by Gasteiger charge is 2.37. The van der Waals surface area contributed by atoms with Gasteiger partial charge in [0.05, 0.1) is 15.7 Å². The van der Waals surface area contributed by atoms with Crippen molar-refractivity contribution in [3.63, 3.8) is 0 Å². The average molecular weight is 630 g/mol.